The van der Waals surface area contributed by atoms with Crippen LogP contribution in [0.15, 0.2) is 40.2 Å². The van der Waals surface area contributed by atoms with Crippen molar-refractivity contribution in [3.05, 3.63) is 46.2 Å². The molecule has 0 unspecified atom stereocenters. The molecular formula is C14H13BrN4O3. The molecule has 1 aromatic carbocycles. The Labute approximate surface area is 135 Å². The number of phenolic OH excluding ortho intramolecular Hbond substituents is 1. The first kappa shape index (κ1) is 15.9. The van der Waals surface area contributed by atoms with Crippen molar-refractivity contribution in [1.82, 2.24) is 9.97 Å². The number of phenols is 1. The summed E-state index contributed by atoms with van der Waals surface area (Å²) in [5, 5.41) is 13.6. The molecule has 2 N–H and O–H groups in total. The Hall–Kier alpha value is -2.48. The van der Waals surface area contributed by atoms with Gasteiger partial charge in [0.1, 0.15) is 5.75 Å². The number of rotatable bonds is 5. The smallest absolute Gasteiger partial charge is 0.341 e. The van der Waals surface area contributed by atoms with Crippen LogP contribution < -0.4 is 5.43 Å². The Morgan fingerprint density at radius 2 is 2.18 bits per heavy atom. The van der Waals surface area contributed by atoms with Crippen LogP contribution in [0.25, 0.3) is 0 Å². The summed E-state index contributed by atoms with van der Waals surface area (Å²) >= 11 is 3.31. The van der Waals surface area contributed by atoms with E-state index in [9.17, 15) is 9.90 Å². The van der Waals surface area contributed by atoms with E-state index < -0.39 is 5.97 Å². The fourth-order valence-electron chi connectivity index (χ4n) is 1.49. The molecule has 0 bridgehead atoms. The molecule has 0 fully saturated rings. The Balaban J connectivity index is 2.01. The van der Waals surface area contributed by atoms with E-state index in [0.29, 0.717) is 12.2 Å². The lowest BCUT2D eigenvalue weighted by Crippen LogP contribution is -2.06. The molecule has 0 saturated heterocycles. The van der Waals surface area contributed by atoms with E-state index >= 15 is 0 Å². The van der Waals surface area contributed by atoms with Crippen LogP contribution in [0.4, 0.5) is 5.95 Å². The summed E-state index contributed by atoms with van der Waals surface area (Å²) in [7, 11) is 0. The normalized spacial score (nSPS) is 10.6. The van der Waals surface area contributed by atoms with E-state index in [2.05, 4.69) is 36.4 Å². The number of carbonyl (C=O) groups is 1. The summed E-state index contributed by atoms with van der Waals surface area (Å²) in [5.74, 6) is -0.150. The standard InChI is InChI=1S/C14H13BrN4O3/c1-2-22-13(21)10-6-16-14(17-7-10)19-18-8-9-5-11(15)3-4-12(9)20/h3-8,20H,2H2,1H3,(H,16,17,19)/b18-8+. The molecule has 114 valence electrons. The number of ether oxygens (including phenoxy) is 1. The van der Waals surface area contributed by atoms with Crippen LogP contribution in [-0.4, -0.2) is 33.9 Å². The van der Waals surface area contributed by atoms with Crippen molar-refractivity contribution in [2.75, 3.05) is 12.0 Å². The number of nitrogens with zero attached hydrogens (tertiary/aromatic N) is 3. The number of aromatic hydroxyl groups is 1. The first-order valence-electron chi connectivity index (χ1n) is 6.37. The molecule has 0 aliphatic carbocycles. The van der Waals surface area contributed by atoms with Crippen LogP contribution in [-0.2, 0) is 4.74 Å². The van der Waals surface area contributed by atoms with Gasteiger partial charge in [-0.15, -0.1) is 0 Å². The maximum Gasteiger partial charge on any atom is 0.341 e. The number of hydrogen-bond donors (Lipinski definition) is 2. The average Bonchev–Trinajstić information content (AvgIpc) is 2.51. The van der Waals surface area contributed by atoms with Gasteiger partial charge in [0.2, 0.25) is 5.95 Å². The molecule has 0 aliphatic heterocycles. The zero-order valence-electron chi connectivity index (χ0n) is 11.7. The van der Waals surface area contributed by atoms with E-state index in [1.807, 2.05) is 0 Å². The lowest BCUT2D eigenvalue weighted by molar-refractivity contribution is 0.0525. The van der Waals surface area contributed by atoms with E-state index in [0.717, 1.165) is 4.47 Å². The quantitative estimate of drug-likeness (QED) is 0.480. The highest BCUT2D eigenvalue weighted by Crippen LogP contribution is 2.20. The number of carbonyl (C=O) groups excluding carboxylic acids is 1. The maximum absolute atomic E-state index is 11.4. The maximum atomic E-state index is 11.4. The Morgan fingerprint density at radius 3 is 2.86 bits per heavy atom. The van der Waals surface area contributed by atoms with Crippen LogP contribution in [0.1, 0.15) is 22.8 Å². The van der Waals surface area contributed by atoms with Gasteiger partial charge >= 0.3 is 5.97 Å². The summed E-state index contributed by atoms with van der Waals surface area (Å²) < 4.78 is 5.65. The van der Waals surface area contributed by atoms with Gasteiger partial charge in [-0.05, 0) is 25.1 Å². The molecule has 0 radical (unpaired) electrons. The van der Waals surface area contributed by atoms with Crippen LogP contribution in [0.3, 0.4) is 0 Å². The molecule has 22 heavy (non-hydrogen) atoms. The minimum absolute atomic E-state index is 0.104. The molecule has 0 spiro atoms. The first-order chi connectivity index (χ1) is 10.6. The minimum Gasteiger partial charge on any atom is -0.507 e. The topological polar surface area (TPSA) is 96.7 Å². The fourth-order valence-corrected chi connectivity index (χ4v) is 1.87. The Bertz CT molecular complexity index is 689. The summed E-state index contributed by atoms with van der Waals surface area (Å²) in [5.41, 5.74) is 3.40. The first-order valence-corrected chi connectivity index (χ1v) is 7.16. The number of aromatic nitrogens is 2. The molecule has 2 rings (SSSR count). The summed E-state index contributed by atoms with van der Waals surface area (Å²) in [6, 6.07) is 4.98. The molecule has 0 aliphatic rings. The zero-order chi connectivity index (χ0) is 15.9. The van der Waals surface area contributed by atoms with Gasteiger partial charge in [-0.3, -0.25) is 0 Å². The summed E-state index contributed by atoms with van der Waals surface area (Å²) in [6.07, 6.45) is 4.13. The van der Waals surface area contributed by atoms with Gasteiger partial charge in [0.15, 0.2) is 0 Å². The molecule has 0 amide bonds. The van der Waals surface area contributed by atoms with Crippen LogP contribution in [0.2, 0.25) is 0 Å². The van der Waals surface area contributed by atoms with Crippen molar-refractivity contribution in [2.45, 2.75) is 6.92 Å². The molecule has 0 saturated carbocycles. The number of hydrogen-bond acceptors (Lipinski definition) is 7. The summed E-state index contributed by atoms with van der Waals surface area (Å²) in [6.45, 7) is 2.01. The van der Waals surface area contributed by atoms with Gasteiger partial charge in [-0.1, -0.05) is 15.9 Å². The molecule has 8 heteroatoms. The van der Waals surface area contributed by atoms with Crippen LogP contribution in [0, 0.1) is 0 Å². The second-order valence-corrected chi connectivity index (χ2v) is 5.00. The predicted octanol–water partition coefficient (Wildman–Crippen LogP) is 2.57. The number of benzene rings is 1. The predicted molar refractivity (Wildman–Crippen MR) is 85.0 cm³/mol. The van der Waals surface area contributed by atoms with Crippen LogP contribution in [0.5, 0.6) is 5.75 Å². The molecule has 0 atom stereocenters. The van der Waals surface area contributed by atoms with Crippen molar-refractivity contribution < 1.29 is 14.6 Å². The molecule has 1 aromatic heterocycles. The van der Waals surface area contributed by atoms with Crippen LogP contribution >= 0.6 is 15.9 Å². The van der Waals surface area contributed by atoms with Gasteiger partial charge in [0.25, 0.3) is 0 Å². The second kappa shape index (κ2) is 7.51. The minimum atomic E-state index is -0.475. The average molecular weight is 365 g/mol. The second-order valence-electron chi connectivity index (χ2n) is 4.09. The molecule has 7 nitrogen and oxygen atoms in total. The molecular weight excluding hydrogens is 352 g/mol. The Morgan fingerprint density at radius 1 is 1.45 bits per heavy atom. The van der Waals surface area contributed by atoms with E-state index in [-0.39, 0.29) is 17.3 Å². The van der Waals surface area contributed by atoms with E-state index in [4.69, 9.17) is 4.74 Å². The molecule has 1 heterocycles. The van der Waals surface area contributed by atoms with Crippen molar-refractivity contribution in [1.29, 1.82) is 0 Å². The number of halogens is 1. The monoisotopic (exact) mass is 364 g/mol. The van der Waals surface area contributed by atoms with E-state index in [1.54, 1.807) is 25.1 Å². The SMILES string of the molecule is CCOC(=O)c1cnc(N/N=C/c2cc(Br)ccc2O)nc1. The zero-order valence-corrected chi connectivity index (χ0v) is 13.2. The highest BCUT2D eigenvalue weighted by Gasteiger charge is 2.07. The largest absolute Gasteiger partial charge is 0.507 e. The van der Waals surface area contributed by atoms with Gasteiger partial charge in [-0.25, -0.2) is 20.2 Å². The van der Waals surface area contributed by atoms with Gasteiger partial charge < -0.3 is 9.84 Å². The third-order valence-corrected chi connectivity index (χ3v) is 3.01. The van der Waals surface area contributed by atoms with Crippen molar-refractivity contribution >= 4 is 34.1 Å². The number of esters is 1. The number of nitrogens with one attached hydrogen (secondary N) is 1. The van der Waals surface area contributed by atoms with Crippen molar-refractivity contribution in [2.24, 2.45) is 5.10 Å². The third-order valence-electron chi connectivity index (χ3n) is 2.52. The molecule has 2 aromatic rings. The number of anilines is 1. The summed E-state index contributed by atoms with van der Waals surface area (Å²) in [4.78, 5) is 19.3. The Kier molecular flexibility index (Phi) is 5.42. The van der Waals surface area contributed by atoms with Gasteiger partial charge in [0.05, 0.1) is 18.4 Å². The number of hydrazone groups is 1. The van der Waals surface area contributed by atoms with Crippen molar-refractivity contribution in [3.8, 4) is 5.75 Å². The highest BCUT2D eigenvalue weighted by atomic mass is 79.9. The lowest BCUT2D eigenvalue weighted by atomic mass is 10.2. The van der Waals surface area contributed by atoms with E-state index in [1.165, 1.54) is 18.6 Å². The van der Waals surface area contributed by atoms with Crippen molar-refractivity contribution in [3.63, 3.8) is 0 Å². The third kappa shape index (κ3) is 4.26. The fraction of sp³-hybridized carbons (Fsp3) is 0.143. The highest BCUT2D eigenvalue weighted by molar-refractivity contribution is 9.10. The van der Waals surface area contributed by atoms with Gasteiger partial charge in [0, 0.05) is 22.4 Å². The van der Waals surface area contributed by atoms with Gasteiger partial charge in [-0.2, -0.15) is 5.10 Å². The lowest BCUT2D eigenvalue weighted by Gasteiger charge is -2.02.